The van der Waals surface area contributed by atoms with Crippen LogP contribution in [0.1, 0.15) is 12.8 Å². The highest BCUT2D eigenvalue weighted by molar-refractivity contribution is 4.93. The van der Waals surface area contributed by atoms with Gasteiger partial charge in [0.15, 0.2) is 0 Å². The number of methoxy groups -OCH3 is 1. The Morgan fingerprint density at radius 2 is 2.25 bits per heavy atom. The lowest BCUT2D eigenvalue weighted by molar-refractivity contribution is -0.209. The Hall–Kier alpha value is -0.200. The van der Waals surface area contributed by atoms with Crippen LogP contribution in [0.25, 0.3) is 0 Å². The van der Waals surface area contributed by atoms with Crippen molar-refractivity contribution in [2.75, 3.05) is 33.5 Å². The van der Waals surface area contributed by atoms with Crippen molar-refractivity contribution in [2.45, 2.75) is 37.3 Å². The molecular weight excluding hydrogens is 212 g/mol. The van der Waals surface area contributed by atoms with Crippen molar-refractivity contribution in [3.63, 3.8) is 0 Å². The average molecular weight is 232 g/mol. The standard InChI is InChI=1S/C11H20O5/c1-13-4-5-15-11-9(12)6-10(11)16-8-2-3-14-7-8/h8-12H,2-7H2,1H3. The van der Waals surface area contributed by atoms with E-state index < -0.39 is 6.10 Å². The van der Waals surface area contributed by atoms with Crippen LogP contribution in [0.3, 0.4) is 0 Å². The Bertz CT molecular complexity index is 205. The molecule has 94 valence electrons. The maximum absolute atomic E-state index is 9.57. The Morgan fingerprint density at radius 1 is 1.38 bits per heavy atom. The van der Waals surface area contributed by atoms with Crippen molar-refractivity contribution in [3.05, 3.63) is 0 Å². The maximum Gasteiger partial charge on any atom is 0.110 e. The van der Waals surface area contributed by atoms with Gasteiger partial charge in [0.05, 0.1) is 38.1 Å². The van der Waals surface area contributed by atoms with E-state index in [1.807, 2.05) is 0 Å². The molecular formula is C11H20O5. The summed E-state index contributed by atoms with van der Waals surface area (Å²) in [4.78, 5) is 0. The number of hydrogen-bond acceptors (Lipinski definition) is 5. The molecule has 0 aromatic heterocycles. The minimum absolute atomic E-state index is 0.0126. The Kier molecular flexibility index (Phi) is 4.55. The number of rotatable bonds is 6. The van der Waals surface area contributed by atoms with Gasteiger partial charge in [-0.15, -0.1) is 0 Å². The van der Waals surface area contributed by atoms with Gasteiger partial charge in [0.1, 0.15) is 6.10 Å². The van der Waals surface area contributed by atoms with Crippen LogP contribution in [0.4, 0.5) is 0 Å². The van der Waals surface area contributed by atoms with Crippen LogP contribution in [-0.2, 0) is 18.9 Å². The fraction of sp³-hybridized carbons (Fsp3) is 1.00. The molecule has 4 unspecified atom stereocenters. The summed E-state index contributed by atoms with van der Waals surface area (Å²) in [6.45, 7) is 2.48. The molecule has 0 aromatic rings. The molecule has 2 aliphatic rings. The number of aliphatic hydroxyl groups excluding tert-OH is 1. The van der Waals surface area contributed by atoms with Crippen molar-refractivity contribution < 1.29 is 24.1 Å². The van der Waals surface area contributed by atoms with Gasteiger partial charge in [0.25, 0.3) is 0 Å². The molecule has 1 saturated carbocycles. The van der Waals surface area contributed by atoms with Crippen LogP contribution < -0.4 is 0 Å². The molecule has 0 bridgehead atoms. The van der Waals surface area contributed by atoms with Gasteiger partial charge in [0.2, 0.25) is 0 Å². The second-order valence-corrected chi connectivity index (χ2v) is 4.29. The quantitative estimate of drug-likeness (QED) is 0.651. The first-order valence-corrected chi connectivity index (χ1v) is 5.83. The fourth-order valence-corrected chi connectivity index (χ4v) is 2.04. The van der Waals surface area contributed by atoms with Gasteiger partial charge >= 0.3 is 0 Å². The fourth-order valence-electron chi connectivity index (χ4n) is 2.04. The van der Waals surface area contributed by atoms with Crippen LogP contribution in [0.15, 0.2) is 0 Å². The lowest BCUT2D eigenvalue weighted by atomic mass is 9.88. The summed E-state index contributed by atoms with van der Waals surface area (Å²) < 4.78 is 21.5. The zero-order valence-electron chi connectivity index (χ0n) is 9.63. The lowest BCUT2D eigenvalue weighted by Gasteiger charge is -2.41. The molecule has 2 fully saturated rings. The lowest BCUT2D eigenvalue weighted by Crippen LogP contribution is -2.55. The van der Waals surface area contributed by atoms with Crippen LogP contribution in [0.2, 0.25) is 0 Å². The molecule has 5 heteroatoms. The molecule has 5 nitrogen and oxygen atoms in total. The van der Waals surface area contributed by atoms with Crippen LogP contribution in [-0.4, -0.2) is 63.1 Å². The number of aliphatic hydroxyl groups is 1. The predicted octanol–water partition coefficient (Wildman–Crippen LogP) is -0.0433. The van der Waals surface area contributed by atoms with Crippen molar-refractivity contribution in [1.82, 2.24) is 0 Å². The molecule has 2 rings (SSSR count). The Morgan fingerprint density at radius 3 is 2.88 bits per heavy atom. The third kappa shape index (κ3) is 2.93. The van der Waals surface area contributed by atoms with Gasteiger partial charge in [-0.25, -0.2) is 0 Å². The summed E-state index contributed by atoms with van der Waals surface area (Å²) in [6, 6.07) is 0. The minimum atomic E-state index is -0.399. The highest BCUT2D eigenvalue weighted by Gasteiger charge is 2.43. The first-order chi connectivity index (χ1) is 7.81. The van der Waals surface area contributed by atoms with E-state index in [9.17, 15) is 5.11 Å². The van der Waals surface area contributed by atoms with Gasteiger partial charge in [-0.3, -0.25) is 0 Å². The number of hydrogen-bond donors (Lipinski definition) is 1. The third-order valence-electron chi connectivity index (χ3n) is 3.07. The van der Waals surface area contributed by atoms with Crippen molar-refractivity contribution in [2.24, 2.45) is 0 Å². The van der Waals surface area contributed by atoms with E-state index >= 15 is 0 Å². The topological polar surface area (TPSA) is 57.2 Å². The first kappa shape index (κ1) is 12.3. The van der Waals surface area contributed by atoms with Gasteiger partial charge in [0, 0.05) is 20.1 Å². The SMILES string of the molecule is COCCOC1C(O)CC1OC1CCOC1. The highest BCUT2D eigenvalue weighted by atomic mass is 16.6. The molecule has 1 aliphatic carbocycles. The van der Waals surface area contributed by atoms with Gasteiger partial charge < -0.3 is 24.1 Å². The Labute approximate surface area is 95.6 Å². The van der Waals surface area contributed by atoms with Crippen LogP contribution in [0.5, 0.6) is 0 Å². The smallest absolute Gasteiger partial charge is 0.110 e. The second kappa shape index (κ2) is 5.93. The summed E-state index contributed by atoms with van der Waals surface area (Å²) >= 11 is 0. The van der Waals surface area contributed by atoms with Gasteiger partial charge in [-0.05, 0) is 6.42 Å². The summed E-state index contributed by atoms with van der Waals surface area (Å²) in [5, 5.41) is 9.57. The molecule has 0 aromatic carbocycles. The molecule has 1 saturated heterocycles. The van der Waals surface area contributed by atoms with E-state index in [-0.39, 0.29) is 18.3 Å². The molecule has 0 amide bonds. The Balaban J connectivity index is 1.68. The second-order valence-electron chi connectivity index (χ2n) is 4.29. The molecule has 0 spiro atoms. The zero-order valence-corrected chi connectivity index (χ0v) is 9.63. The maximum atomic E-state index is 9.57. The van der Waals surface area contributed by atoms with E-state index in [2.05, 4.69) is 0 Å². The van der Waals surface area contributed by atoms with Crippen LogP contribution >= 0.6 is 0 Å². The normalized spacial score (nSPS) is 38.6. The summed E-state index contributed by atoms with van der Waals surface area (Å²) in [5.74, 6) is 0. The number of ether oxygens (including phenoxy) is 4. The third-order valence-corrected chi connectivity index (χ3v) is 3.07. The molecule has 1 N–H and O–H groups in total. The summed E-state index contributed by atoms with van der Waals surface area (Å²) in [6.07, 6.45) is 1.19. The highest BCUT2D eigenvalue weighted by Crippen LogP contribution is 2.29. The molecule has 1 aliphatic heterocycles. The van der Waals surface area contributed by atoms with Crippen LogP contribution in [0, 0.1) is 0 Å². The first-order valence-electron chi connectivity index (χ1n) is 5.83. The summed E-state index contributed by atoms with van der Waals surface area (Å²) in [7, 11) is 1.63. The minimum Gasteiger partial charge on any atom is -0.390 e. The molecule has 16 heavy (non-hydrogen) atoms. The van der Waals surface area contributed by atoms with E-state index in [1.54, 1.807) is 7.11 Å². The van der Waals surface area contributed by atoms with E-state index in [0.717, 1.165) is 13.0 Å². The molecule has 1 heterocycles. The van der Waals surface area contributed by atoms with Crippen molar-refractivity contribution >= 4 is 0 Å². The average Bonchev–Trinajstić information content (AvgIpc) is 2.76. The van der Waals surface area contributed by atoms with E-state index in [1.165, 1.54) is 0 Å². The van der Waals surface area contributed by atoms with E-state index in [4.69, 9.17) is 18.9 Å². The van der Waals surface area contributed by atoms with Crippen molar-refractivity contribution in [3.8, 4) is 0 Å². The largest absolute Gasteiger partial charge is 0.390 e. The zero-order chi connectivity index (χ0) is 11.4. The van der Waals surface area contributed by atoms with Gasteiger partial charge in [-0.1, -0.05) is 0 Å². The summed E-state index contributed by atoms with van der Waals surface area (Å²) in [5.41, 5.74) is 0. The molecule has 4 atom stereocenters. The van der Waals surface area contributed by atoms with Crippen molar-refractivity contribution in [1.29, 1.82) is 0 Å². The van der Waals surface area contributed by atoms with Gasteiger partial charge in [-0.2, -0.15) is 0 Å². The molecule has 0 radical (unpaired) electrons. The predicted molar refractivity (Wildman–Crippen MR) is 56.3 cm³/mol. The van der Waals surface area contributed by atoms with E-state index in [0.29, 0.717) is 26.2 Å². The monoisotopic (exact) mass is 232 g/mol.